The Bertz CT molecular complexity index is 608. The molecule has 5 heteroatoms. The number of carbonyl (C=O) groups excluding carboxylic acids is 1. The van der Waals surface area contributed by atoms with E-state index >= 15 is 0 Å². The summed E-state index contributed by atoms with van der Waals surface area (Å²) in [7, 11) is 1.51. The molecule has 0 aliphatic carbocycles. The molecular weight excluding hydrogens is 273 g/mol. The summed E-state index contributed by atoms with van der Waals surface area (Å²) in [5.41, 5.74) is 0.674. The Kier molecular flexibility index (Phi) is 5.29. The average Bonchev–Trinajstić information content (AvgIpc) is 2.99. The monoisotopic (exact) mass is 289 g/mol. The summed E-state index contributed by atoms with van der Waals surface area (Å²) in [6.45, 7) is 0.251. The molecule has 110 valence electrons. The van der Waals surface area contributed by atoms with Gasteiger partial charge in [0.15, 0.2) is 0 Å². The Hall–Kier alpha value is -2.40. The molecule has 1 atom stereocenters. The van der Waals surface area contributed by atoms with E-state index in [4.69, 9.17) is 9.15 Å². The Morgan fingerprint density at radius 1 is 1.43 bits per heavy atom. The maximum Gasteiger partial charge on any atom is 0.244 e. The van der Waals surface area contributed by atoms with E-state index in [1.165, 1.54) is 31.6 Å². The zero-order valence-corrected chi connectivity index (χ0v) is 11.6. The molecule has 0 saturated carbocycles. The van der Waals surface area contributed by atoms with Gasteiger partial charge in [-0.05, 0) is 35.9 Å². The number of benzene rings is 1. The van der Waals surface area contributed by atoms with Crippen LogP contribution in [0.5, 0.6) is 0 Å². The standard InChI is InChI=1S/C16H16FNO3/c1-20-15(12-4-2-5-13(17)10-12)11-18-16(19)8-7-14-6-3-9-21-14/h2-10,15H,11H2,1H3,(H,18,19). The molecule has 21 heavy (non-hydrogen) atoms. The molecule has 0 aliphatic rings. The number of halogens is 1. The summed E-state index contributed by atoms with van der Waals surface area (Å²) in [5.74, 6) is -0.0120. The topological polar surface area (TPSA) is 51.5 Å². The van der Waals surface area contributed by atoms with Crippen LogP contribution in [0.4, 0.5) is 4.39 Å². The third-order valence-corrected chi connectivity index (χ3v) is 2.91. The van der Waals surface area contributed by atoms with Crippen molar-refractivity contribution < 1.29 is 18.3 Å². The molecule has 0 fully saturated rings. The van der Waals surface area contributed by atoms with Crippen molar-refractivity contribution in [3.8, 4) is 0 Å². The fraction of sp³-hybridized carbons (Fsp3) is 0.188. The summed E-state index contributed by atoms with van der Waals surface area (Å²) >= 11 is 0. The minimum absolute atomic E-state index is 0.251. The summed E-state index contributed by atoms with van der Waals surface area (Å²) in [6.07, 6.45) is 4.07. The van der Waals surface area contributed by atoms with Gasteiger partial charge in [-0.25, -0.2) is 4.39 Å². The van der Waals surface area contributed by atoms with Gasteiger partial charge in [0.2, 0.25) is 5.91 Å². The molecule has 2 aromatic rings. The van der Waals surface area contributed by atoms with E-state index < -0.39 is 6.10 Å². The lowest BCUT2D eigenvalue weighted by molar-refractivity contribution is -0.117. The molecule has 0 spiro atoms. The van der Waals surface area contributed by atoms with Crippen LogP contribution in [0.25, 0.3) is 6.08 Å². The van der Waals surface area contributed by atoms with Crippen LogP contribution < -0.4 is 5.32 Å². The van der Waals surface area contributed by atoms with Crippen molar-refractivity contribution in [2.45, 2.75) is 6.10 Å². The zero-order valence-electron chi connectivity index (χ0n) is 11.6. The summed E-state index contributed by atoms with van der Waals surface area (Å²) < 4.78 is 23.5. The van der Waals surface area contributed by atoms with Gasteiger partial charge >= 0.3 is 0 Å². The maximum absolute atomic E-state index is 13.2. The first-order chi connectivity index (χ1) is 10.2. The van der Waals surface area contributed by atoms with Crippen molar-refractivity contribution in [3.05, 3.63) is 65.9 Å². The number of amides is 1. The van der Waals surface area contributed by atoms with Crippen molar-refractivity contribution in [2.75, 3.05) is 13.7 Å². The van der Waals surface area contributed by atoms with Crippen LogP contribution in [-0.2, 0) is 9.53 Å². The second-order valence-electron chi connectivity index (χ2n) is 4.37. The van der Waals surface area contributed by atoms with Gasteiger partial charge in [0.05, 0.1) is 12.4 Å². The predicted molar refractivity (Wildman–Crippen MR) is 76.9 cm³/mol. The van der Waals surface area contributed by atoms with E-state index in [-0.39, 0.29) is 18.3 Å². The van der Waals surface area contributed by atoms with Crippen molar-refractivity contribution in [3.63, 3.8) is 0 Å². The van der Waals surface area contributed by atoms with Gasteiger partial charge in [0.1, 0.15) is 11.6 Å². The second-order valence-corrected chi connectivity index (χ2v) is 4.37. The molecule has 1 unspecified atom stereocenters. The van der Waals surface area contributed by atoms with Gasteiger partial charge in [0, 0.05) is 19.7 Å². The van der Waals surface area contributed by atoms with Gasteiger partial charge in [-0.2, -0.15) is 0 Å². The van der Waals surface area contributed by atoms with Gasteiger partial charge in [-0.1, -0.05) is 12.1 Å². The first-order valence-corrected chi connectivity index (χ1v) is 6.46. The fourth-order valence-electron chi connectivity index (χ4n) is 1.84. The molecular formula is C16H16FNO3. The fourth-order valence-corrected chi connectivity index (χ4v) is 1.84. The SMILES string of the molecule is COC(CNC(=O)C=Cc1ccco1)c1cccc(F)c1. The van der Waals surface area contributed by atoms with E-state index in [1.54, 1.807) is 30.3 Å². The first kappa shape index (κ1) is 15.0. The zero-order chi connectivity index (χ0) is 15.1. The molecule has 1 heterocycles. The van der Waals surface area contributed by atoms with Crippen LogP contribution in [0.15, 0.2) is 53.2 Å². The van der Waals surface area contributed by atoms with Crippen molar-refractivity contribution in [1.29, 1.82) is 0 Å². The highest BCUT2D eigenvalue weighted by atomic mass is 19.1. The summed E-state index contributed by atoms with van der Waals surface area (Å²) in [6, 6.07) is 9.59. The second kappa shape index (κ2) is 7.40. The smallest absolute Gasteiger partial charge is 0.244 e. The van der Waals surface area contributed by atoms with Crippen LogP contribution in [-0.4, -0.2) is 19.6 Å². The summed E-state index contributed by atoms with van der Waals surface area (Å²) in [4.78, 5) is 11.7. The van der Waals surface area contributed by atoms with Crippen LogP contribution in [0, 0.1) is 5.82 Å². The average molecular weight is 289 g/mol. The molecule has 1 aromatic heterocycles. The van der Waals surface area contributed by atoms with Gasteiger partial charge in [0.25, 0.3) is 0 Å². The molecule has 0 aliphatic heterocycles. The van der Waals surface area contributed by atoms with E-state index in [0.717, 1.165) is 0 Å². The molecule has 1 amide bonds. The number of hydrogen-bond donors (Lipinski definition) is 1. The number of methoxy groups -OCH3 is 1. The molecule has 1 aromatic carbocycles. The van der Waals surface area contributed by atoms with Gasteiger partial charge in [-0.15, -0.1) is 0 Å². The van der Waals surface area contributed by atoms with Crippen LogP contribution in [0.1, 0.15) is 17.4 Å². The van der Waals surface area contributed by atoms with Crippen LogP contribution in [0.2, 0.25) is 0 Å². The van der Waals surface area contributed by atoms with E-state index in [2.05, 4.69) is 5.32 Å². The largest absolute Gasteiger partial charge is 0.465 e. The summed E-state index contributed by atoms with van der Waals surface area (Å²) in [5, 5.41) is 2.70. The Balaban J connectivity index is 1.89. The lowest BCUT2D eigenvalue weighted by atomic mass is 10.1. The van der Waals surface area contributed by atoms with Crippen LogP contribution >= 0.6 is 0 Å². The van der Waals surface area contributed by atoms with Gasteiger partial charge < -0.3 is 14.5 Å². The minimum atomic E-state index is -0.401. The Labute approximate surface area is 122 Å². The number of rotatable bonds is 6. The van der Waals surface area contributed by atoms with Gasteiger partial charge in [-0.3, -0.25) is 4.79 Å². The lowest BCUT2D eigenvalue weighted by Crippen LogP contribution is -2.27. The molecule has 2 rings (SSSR count). The third-order valence-electron chi connectivity index (χ3n) is 2.91. The predicted octanol–water partition coefficient (Wildman–Crippen LogP) is 2.94. The lowest BCUT2D eigenvalue weighted by Gasteiger charge is -2.16. The number of furan rings is 1. The van der Waals surface area contributed by atoms with Crippen molar-refractivity contribution >= 4 is 12.0 Å². The minimum Gasteiger partial charge on any atom is -0.465 e. The quantitative estimate of drug-likeness (QED) is 0.832. The molecule has 0 bridgehead atoms. The van der Waals surface area contributed by atoms with Crippen LogP contribution in [0.3, 0.4) is 0 Å². The first-order valence-electron chi connectivity index (χ1n) is 6.46. The van der Waals surface area contributed by atoms with Crippen molar-refractivity contribution in [1.82, 2.24) is 5.32 Å². The molecule has 4 nitrogen and oxygen atoms in total. The Morgan fingerprint density at radius 2 is 2.29 bits per heavy atom. The highest BCUT2D eigenvalue weighted by Crippen LogP contribution is 2.16. The number of nitrogens with one attached hydrogen (secondary N) is 1. The number of carbonyl (C=O) groups is 1. The highest BCUT2D eigenvalue weighted by Gasteiger charge is 2.11. The van der Waals surface area contributed by atoms with E-state index in [9.17, 15) is 9.18 Å². The maximum atomic E-state index is 13.2. The highest BCUT2D eigenvalue weighted by molar-refractivity contribution is 5.91. The number of hydrogen-bond acceptors (Lipinski definition) is 3. The third kappa shape index (κ3) is 4.57. The normalized spacial score (nSPS) is 12.5. The van der Waals surface area contributed by atoms with E-state index in [0.29, 0.717) is 11.3 Å². The molecule has 1 N–H and O–H groups in total. The van der Waals surface area contributed by atoms with Crippen molar-refractivity contribution in [2.24, 2.45) is 0 Å². The Morgan fingerprint density at radius 3 is 2.95 bits per heavy atom. The number of ether oxygens (including phenoxy) is 1. The molecule has 0 radical (unpaired) electrons. The molecule has 0 saturated heterocycles. The van der Waals surface area contributed by atoms with E-state index in [1.807, 2.05) is 0 Å².